The van der Waals surface area contributed by atoms with Crippen LogP contribution in [0.5, 0.6) is 23.0 Å². The van der Waals surface area contributed by atoms with Gasteiger partial charge in [0.15, 0.2) is 24.4 Å². The SMILES string of the molecule is COc1cccc(C2=NN(C(=O)COc3ccc(Br)cc3C=O)C(c3ccc(OC)c(OC)c3)C2)c1. The van der Waals surface area contributed by atoms with Crippen LogP contribution < -0.4 is 18.9 Å². The molecule has 0 bridgehead atoms. The summed E-state index contributed by atoms with van der Waals surface area (Å²) in [5.74, 6) is 1.81. The third-order valence-electron chi connectivity index (χ3n) is 5.81. The first-order valence-electron chi connectivity index (χ1n) is 11.1. The molecule has 4 rings (SSSR count). The lowest BCUT2D eigenvalue weighted by atomic mass is 9.98. The number of nitrogens with zero attached hydrogens (tertiary/aromatic N) is 2. The van der Waals surface area contributed by atoms with Gasteiger partial charge in [0.1, 0.15) is 11.5 Å². The number of ether oxygens (including phenoxy) is 4. The molecule has 1 unspecified atom stereocenters. The van der Waals surface area contributed by atoms with Gasteiger partial charge in [0, 0.05) is 16.5 Å². The highest BCUT2D eigenvalue weighted by molar-refractivity contribution is 9.10. The molecule has 0 radical (unpaired) electrons. The second-order valence-electron chi connectivity index (χ2n) is 7.94. The van der Waals surface area contributed by atoms with Gasteiger partial charge in [-0.05, 0) is 48.0 Å². The van der Waals surface area contributed by atoms with Gasteiger partial charge in [0.05, 0.1) is 38.6 Å². The van der Waals surface area contributed by atoms with E-state index in [0.29, 0.717) is 41.3 Å². The van der Waals surface area contributed by atoms with Crippen LogP contribution in [0, 0.1) is 0 Å². The van der Waals surface area contributed by atoms with Crippen LogP contribution >= 0.6 is 15.9 Å². The quantitative estimate of drug-likeness (QED) is 0.345. The number of amides is 1. The molecule has 1 aliphatic rings. The van der Waals surface area contributed by atoms with Crippen LogP contribution in [0.1, 0.15) is 33.9 Å². The van der Waals surface area contributed by atoms with Crippen molar-refractivity contribution in [2.45, 2.75) is 12.5 Å². The highest BCUT2D eigenvalue weighted by atomic mass is 79.9. The molecule has 0 saturated heterocycles. The molecule has 1 amide bonds. The Balaban J connectivity index is 1.65. The van der Waals surface area contributed by atoms with Crippen LogP contribution in [0.4, 0.5) is 0 Å². The predicted molar refractivity (Wildman–Crippen MR) is 138 cm³/mol. The Kier molecular flexibility index (Phi) is 7.90. The van der Waals surface area contributed by atoms with E-state index in [1.807, 2.05) is 36.4 Å². The zero-order valence-electron chi connectivity index (χ0n) is 20.1. The second-order valence-corrected chi connectivity index (χ2v) is 8.86. The molecule has 0 aromatic heterocycles. The number of rotatable bonds is 9. The van der Waals surface area contributed by atoms with Gasteiger partial charge in [-0.15, -0.1) is 0 Å². The molecular formula is C27H25BrN2O6. The van der Waals surface area contributed by atoms with E-state index >= 15 is 0 Å². The van der Waals surface area contributed by atoms with E-state index < -0.39 is 6.04 Å². The summed E-state index contributed by atoms with van der Waals surface area (Å²) in [6, 6.07) is 17.7. The fourth-order valence-corrected chi connectivity index (χ4v) is 4.36. The van der Waals surface area contributed by atoms with Gasteiger partial charge in [-0.25, -0.2) is 5.01 Å². The summed E-state index contributed by atoms with van der Waals surface area (Å²) in [7, 11) is 4.74. The Morgan fingerprint density at radius 2 is 1.78 bits per heavy atom. The van der Waals surface area contributed by atoms with Crippen LogP contribution in [0.3, 0.4) is 0 Å². The molecule has 0 aliphatic carbocycles. The minimum Gasteiger partial charge on any atom is -0.497 e. The lowest BCUT2D eigenvalue weighted by Gasteiger charge is -2.23. The summed E-state index contributed by atoms with van der Waals surface area (Å²) < 4.78 is 22.7. The molecule has 1 atom stereocenters. The van der Waals surface area contributed by atoms with E-state index in [4.69, 9.17) is 18.9 Å². The molecule has 0 fully saturated rings. The average Bonchev–Trinajstić information content (AvgIpc) is 3.37. The summed E-state index contributed by atoms with van der Waals surface area (Å²) in [4.78, 5) is 24.8. The van der Waals surface area contributed by atoms with Crippen molar-refractivity contribution in [2.75, 3.05) is 27.9 Å². The van der Waals surface area contributed by atoms with Crippen molar-refractivity contribution >= 4 is 33.8 Å². The highest BCUT2D eigenvalue weighted by Gasteiger charge is 2.34. The topological polar surface area (TPSA) is 86.7 Å². The van der Waals surface area contributed by atoms with E-state index in [2.05, 4.69) is 21.0 Å². The van der Waals surface area contributed by atoms with E-state index in [1.54, 1.807) is 45.6 Å². The molecule has 1 heterocycles. The van der Waals surface area contributed by atoms with Gasteiger partial charge in [-0.3, -0.25) is 9.59 Å². The molecule has 0 spiro atoms. The van der Waals surface area contributed by atoms with Crippen molar-refractivity contribution < 1.29 is 28.5 Å². The molecule has 186 valence electrons. The maximum atomic E-state index is 13.4. The lowest BCUT2D eigenvalue weighted by molar-refractivity contribution is -0.135. The number of hydrazone groups is 1. The Hall–Kier alpha value is -3.85. The highest BCUT2D eigenvalue weighted by Crippen LogP contribution is 2.37. The Labute approximate surface area is 217 Å². The maximum absolute atomic E-state index is 13.4. The number of methoxy groups -OCH3 is 3. The van der Waals surface area contributed by atoms with Gasteiger partial charge >= 0.3 is 0 Å². The summed E-state index contributed by atoms with van der Waals surface area (Å²) in [5, 5.41) is 6.10. The number of carbonyl (C=O) groups is 2. The minimum absolute atomic E-state index is 0.291. The van der Waals surface area contributed by atoms with Crippen molar-refractivity contribution in [3.8, 4) is 23.0 Å². The van der Waals surface area contributed by atoms with Gasteiger partial charge < -0.3 is 18.9 Å². The number of hydrogen-bond acceptors (Lipinski definition) is 7. The Morgan fingerprint density at radius 1 is 1.00 bits per heavy atom. The van der Waals surface area contributed by atoms with Gasteiger partial charge in [0.2, 0.25) is 0 Å². The molecule has 1 aliphatic heterocycles. The molecule has 0 N–H and O–H groups in total. The molecule has 0 saturated carbocycles. The van der Waals surface area contributed by atoms with Crippen LogP contribution in [-0.2, 0) is 4.79 Å². The fourth-order valence-electron chi connectivity index (χ4n) is 3.99. The van der Waals surface area contributed by atoms with E-state index in [1.165, 1.54) is 5.01 Å². The van der Waals surface area contributed by atoms with E-state index in [9.17, 15) is 9.59 Å². The van der Waals surface area contributed by atoms with Crippen LogP contribution in [0.15, 0.2) is 70.2 Å². The van der Waals surface area contributed by atoms with Gasteiger partial charge in [-0.2, -0.15) is 5.10 Å². The third kappa shape index (κ3) is 5.36. The first-order chi connectivity index (χ1) is 17.5. The molecular weight excluding hydrogens is 528 g/mol. The molecule has 9 heteroatoms. The fraction of sp³-hybridized carbons (Fsp3) is 0.222. The zero-order valence-corrected chi connectivity index (χ0v) is 21.7. The minimum atomic E-state index is -0.391. The summed E-state index contributed by atoms with van der Waals surface area (Å²) in [6.45, 7) is -0.291. The smallest absolute Gasteiger partial charge is 0.281 e. The van der Waals surface area contributed by atoms with Gasteiger partial charge in [-0.1, -0.05) is 34.1 Å². The second kappa shape index (κ2) is 11.3. The standard InChI is InChI=1S/C27H25BrN2O6/c1-33-21-6-4-5-17(12-21)22-14-23(18-7-9-25(34-2)26(13-18)35-3)30(29-22)27(32)16-36-24-10-8-20(28)11-19(24)15-31/h4-13,15,23H,14,16H2,1-3H3. The van der Waals surface area contributed by atoms with E-state index in [-0.39, 0.29) is 12.5 Å². The molecule has 36 heavy (non-hydrogen) atoms. The maximum Gasteiger partial charge on any atom is 0.281 e. The number of benzene rings is 3. The normalized spacial score (nSPS) is 14.7. The van der Waals surface area contributed by atoms with Crippen molar-refractivity contribution in [3.05, 3.63) is 81.8 Å². The first-order valence-corrected chi connectivity index (χ1v) is 11.9. The summed E-state index contributed by atoms with van der Waals surface area (Å²) in [6.07, 6.45) is 1.16. The molecule has 3 aromatic carbocycles. The Morgan fingerprint density at radius 3 is 2.50 bits per heavy atom. The number of carbonyl (C=O) groups excluding carboxylic acids is 2. The third-order valence-corrected chi connectivity index (χ3v) is 6.30. The van der Waals surface area contributed by atoms with Gasteiger partial charge in [0.25, 0.3) is 5.91 Å². The van der Waals surface area contributed by atoms with E-state index in [0.717, 1.165) is 21.3 Å². The van der Waals surface area contributed by atoms with Crippen molar-refractivity contribution in [3.63, 3.8) is 0 Å². The first kappa shape index (κ1) is 25.2. The van der Waals surface area contributed by atoms with Crippen molar-refractivity contribution in [1.82, 2.24) is 5.01 Å². The zero-order chi connectivity index (χ0) is 25.7. The van der Waals surface area contributed by atoms with Crippen molar-refractivity contribution in [2.24, 2.45) is 5.10 Å². The monoisotopic (exact) mass is 552 g/mol. The van der Waals surface area contributed by atoms with Crippen LogP contribution in [0.2, 0.25) is 0 Å². The summed E-state index contributed by atoms with van der Waals surface area (Å²) >= 11 is 3.33. The lowest BCUT2D eigenvalue weighted by Crippen LogP contribution is -2.31. The molecule has 8 nitrogen and oxygen atoms in total. The van der Waals surface area contributed by atoms with Crippen molar-refractivity contribution in [1.29, 1.82) is 0 Å². The number of hydrogen-bond donors (Lipinski definition) is 0. The predicted octanol–water partition coefficient (Wildman–Crippen LogP) is 5.04. The Bertz CT molecular complexity index is 1310. The van der Waals surface area contributed by atoms with Crippen LogP contribution in [0.25, 0.3) is 0 Å². The van der Waals surface area contributed by atoms with Crippen LogP contribution in [-0.4, -0.2) is 50.9 Å². The number of halogens is 1. The number of aldehydes is 1. The average molecular weight is 553 g/mol. The summed E-state index contributed by atoms with van der Waals surface area (Å²) in [5.41, 5.74) is 2.77. The largest absolute Gasteiger partial charge is 0.497 e. The molecule has 3 aromatic rings.